The van der Waals surface area contributed by atoms with Crippen molar-refractivity contribution in [3.63, 3.8) is 0 Å². The lowest BCUT2D eigenvalue weighted by molar-refractivity contribution is -0.168. The van der Waals surface area contributed by atoms with E-state index in [-0.39, 0.29) is 35.8 Å². The maximum absolute atomic E-state index is 12.3. The van der Waals surface area contributed by atoms with Gasteiger partial charge >= 0.3 is 5.97 Å². The Hall–Kier alpha value is -3.59. The first-order valence-corrected chi connectivity index (χ1v) is 13.4. The predicted octanol–water partition coefficient (Wildman–Crippen LogP) is 3.77. The van der Waals surface area contributed by atoms with Gasteiger partial charge in [-0.1, -0.05) is 71.8 Å². The fourth-order valence-corrected chi connectivity index (χ4v) is 5.15. The highest BCUT2D eigenvalue weighted by atomic mass is 16.7. The Morgan fingerprint density at radius 2 is 1.64 bits per heavy atom. The number of aliphatic hydroxyl groups is 3. The molecule has 39 heavy (non-hydrogen) atoms. The number of rotatable bonds is 12. The number of benzene rings is 2. The third-order valence-corrected chi connectivity index (χ3v) is 7.32. The minimum absolute atomic E-state index is 0.0365. The number of imide groups is 1. The zero-order valence-electron chi connectivity index (χ0n) is 21.8. The van der Waals surface area contributed by atoms with Crippen LogP contribution >= 0.6 is 0 Å². The molecule has 3 N–H and O–H groups in total. The molecule has 0 radical (unpaired) electrons. The van der Waals surface area contributed by atoms with Crippen molar-refractivity contribution in [3.05, 3.63) is 95.6 Å². The number of allylic oxidation sites excluding steroid dienone is 2. The van der Waals surface area contributed by atoms with E-state index >= 15 is 0 Å². The number of hydrogen-bond acceptors (Lipinski definition) is 7. The maximum atomic E-state index is 12.3. The van der Waals surface area contributed by atoms with Gasteiger partial charge in [-0.3, -0.25) is 9.59 Å². The van der Waals surface area contributed by atoms with E-state index in [0.717, 1.165) is 12.0 Å². The van der Waals surface area contributed by atoms with Crippen LogP contribution in [0.15, 0.2) is 78.9 Å². The monoisotopic (exact) mass is 533 g/mol. The number of aliphatic hydroxyl groups excluding tert-OH is 3. The molecule has 206 valence electrons. The van der Waals surface area contributed by atoms with Crippen molar-refractivity contribution in [2.24, 2.45) is 11.8 Å². The van der Waals surface area contributed by atoms with E-state index in [1.807, 2.05) is 48.6 Å². The van der Waals surface area contributed by atoms with Gasteiger partial charge in [-0.25, -0.2) is 4.79 Å². The summed E-state index contributed by atoms with van der Waals surface area (Å²) in [5, 5.41) is 31.8. The summed E-state index contributed by atoms with van der Waals surface area (Å²) in [7, 11) is 0. The number of nitrogens with zero attached hydrogens (tertiary/aromatic N) is 1. The Morgan fingerprint density at radius 1 is 0.974 bits per heavy atom. The molecule has 0 saturated heterocycles. The third-order valence-electron chi connectivity index (χ3n) is 7.32. The number of fused-ring (bicyclic) bond motifs is 1. The molecule has 2 aromatic carbocycles. The van der Waals surface area contributed by atoms with E-state index in [9.17, 15) is 29.7 Å². The van der Waals surface area contributed by atoms with Crippen LogP contribution in [0.3, 0.4) is 0 Å². The van der Waals surface area contributed by atoms with Crippen molar-refractivity contribution < 1.29 is 34.5 Å². The standard InChI is InChI=1S/C31H35NO7/c33-22(17-16-21-10-4-3-5-11-21)18-19-24-23(27(34)20-28(24)35)12-6-1-2-7-15-29(36)39-32-30(37)25-13-8-9-14-26(25)31(32)38/h1,3-6,8-11,13-14,18-19,22-24,27-28,33-35H,2,7,12,15-17,20H2. The van der Waals surface area contributed by atoms with E-state index in [2.05, 4.69) is 0 Å². The van der Waals surface area contributed by atoms with Crippen LogP contribution in [0.4, 0.5) is 0 Å². The maximum Gasteiger partial charge on any atom is 0.333 e. The molecule has 0 aromatic heterocycles. The van der Waals surface area contributed by atoms with Crippen LogP contribution in [0.1, 0.15) is 64.8 Å². The molecule has 5 atom stereocenters. The van der Waals surface area contributed by atoms with Crippen molar-refractivity contribution in [2.75, 3.05) is 0 Å². The molecule has 1 fully saturated rings. The fraction of sp³-hybridized carbons (Fsp3) is 0.387. The normalized spacial score (nSPS) is 23.6. The molecule has 1 heterocycles. The lowest BCUT2D eigenvalue weighted by atomic mass is 9.89. The quantitative estimate of drug-likeness (QED) is 0.216. The van der Waals surface area contributed by atoms with Crippen LogP contribution in [-0.4, -0.2) is 56.5 Å². The summed E-state index contributed by atoms with van der Waals surface area (Å²) in [6.07, 6.45) is 8.65. The van der Waals surface area contributed by atoms with Crippen molar-refractivity contribution >= 4 is 17.8 Å². The summed E-state index contributed by atoms with van der Waals surface area (Å²) in [5.41, 5.74) is 1.58. The third kappa shape index (κ3) is 7.29. The van der Waals surface area contributed by atoms with Crippen molar-refractivity contribution in [1.29, 1.82) is 0 Å². The Labute approximate surface area is 228 Å². The molecule has 2 aliphatic rings. The molecule has 8 nitrogen and oxygen atoms in total. The summed E-state index contributed by atoms with van der Waals surface area (Å²) < 4.78 is 0. The molecule has 1 aliphatic heterocycles. The lowest BCUT2D eigenvalue weighted by Gasteiger charge is -2.19. The molecule has 0 bridgehead atoms. The lowest BCUT2D eigenvalue weighted by Crippen LogP contribution is -2.32. The second-order valence-corrected chi connectivity index (χ2v) is 10.1. The van der Waals surface area contributed by atoms with Gasteiger partial charge in [0, 0.05) is 18.8 Å². The van der Waals surface area contributed by atoms with Gasteiger partial charge in [0.2, 0.25) is 0 Å². The average molecular weight is 534 g/mol. The summed E-state index contributed by atoms with van der Waals surface area (Å²) >= 11 is 0. The van der Waals surface area contributed by atoms with Gasteiger partial charge in [-0.15, -0.1) is 0 Å². The SMILES string of the molecule is O=C(CCCC=CCC1C(O)CC(O)C1C=CC(O)CCc1ccccc1)ON1C(=O)c2ccccc2C1=O. The van der Waals surface area contributed by atoms with E-state index < -0.39 is 36.1 Å². The van der Waals surface area contributed by atoms with Gasteiger partial charge in [0.1, 0.15) is 0 Å². The molecule has 8 heteroatoms. The summed E-state index contributed by atoms with van der Waals surface area (Å²) in [4.78, 5) is 41.8. The van der Waals surface area contributed by atoms with E-state index in [1.54, 1.807) is 18.2 Å². The van der Waals surface area contributed by atoms with Crippen LogP contribution in [0.5, 0.6) is 0 Å². The smallest absolute Gasteiger partial charge is 0.333 e. The molecule has 1 saturated carbocycles. The van der Waals surface area contributed by atoms with Crippen LogP contribution in [0.2, 0.25) is 0 Å². The fourth-order valence-electron chi connectivity index (χ4n) is 5.15. The molecule has 4 rings (SSSR count). The Morgan fingerprint density at radius 3 is 2.33 bits per heavy atom. The van der Waals surface area contributed by atoms with Crippen molar-refractivity contribution in [1.82, 2.24) is 5.06 Å². The van der Waals surface area contributed by atoms with Gasteiger partial charge in [0.05, 0.1) is 29.4 Å². The minimum Gasteiger partial charge on any atom is -0.393 e. The molecule has 2 amide bonds. The summed E-state index contributed by atoms with van der Waals surface area (Å²) in [6.45, 7) is 0. The Bertz CT molecular complexity index is 1170. The Kier molecular flexibility index (Phi) is 9.81. The van der Waals surface area contributed by atoms with Gasteiger partial charge in [0.15, 0.2) is 0 Å². The van der Waals surface area contributed by atoms with Gasteiger partial charge < -0.3 is 20.2 Å². The first-order chi connectivity index (χ1) is 18.8. The number of unbranched alkanes of at least 4 members (excludes halogenated alkanes) is 1. The largest absolute Gasteiger partial charge is 0.393 e. The van der Waals surface area contributed by atoms with Crippen molar-refractivity contribution in [2.45, 2.75) is 63.3 Å². The van der Waals surface area contributed by atoms with Gasteiger partial charge in [0.25, 0.3) is 11.8 Å². The van der Waals surface area contributed by atoms with Crippen LogP contribution < -0.4 is 0 Å². The first kappa shape index (κ1) is 28.4. The summed E-state index contributed by atoms with van der Waals surface area (Å²) in [6, 6.07) is 16.2. The minimum atomic E-state index is -0.673. The van der Waals surface area contributed by atoms with Crippen LogP contribution in [0, 0.1) is 11.8 Å². The van der Waals surface area contributed by atoms with E-state index in [1.165, 1.54) is 12.1 Å². The highest BCUT2D eigenvalue weighted by molar-refractivity contribution is 6.20. The molecular formula is C31H35NO7. The molecular weight excluding hydrogens is 498 g/mol. The molecule has 1 aliphatic carbocycles. The van der Waals surface area contributed by atoms with Crippen molar-refractivity contribution in [3.8, 4) is 0 Å². The highest BCUT2D eigenvalue weighted by Crippen LogP contribution is 2.36. The second-order valence-electron chi connectivity index (χ2n) is 10.1. The number of amides is 2. The number of hydroxylamine groups is 2. The molecule has 0 spiro atoms. The molecule has 5 unspecified atom stereocenters. The van der Waals surface area contributed by atoms with E-state index in [0.29, 0.717) is 30.7 Å². The predicted molar refractivity (Wildman–Crippen MR) is 144 cm³/mol. The van der Waals surface area contributed by atoms with Crippen LogP contribution in [-0.2, 0) is 16.1 Å². The van der Waals surface area contributed by atoms with E-state index in [4.69, 9.17) is 4.84 Å². The number of carbonyl (C=O) groups is 3. The first-order valence-electron chi connectivity index (χ1n) is 13.4. The average Bonchev–Trinajstić information content (AvgIpc) is 3.35. The zero-order valence-corrected chi connectivity index (χ0v) is 21.8. The Balaban J connectivity index is 1.18. The van der Waals surface area contributed by atoms with Gasteiger partial charge in [-0.05, 0) is 55.7 Å². The molecule has 2 aromatic rings. The number of carbonyl (C=O) groups excluding carboxylic acids is 3. The van der Waals surface area contributed by atoms with Crippen LogP contribution in [0.25, 0.3) is 0 Å². The topological polar surface area (TPSA) is 124 Å². The summed E-state index contributed by atoms with van der Waals surface area (Å²) in [5.74, 6) is -2.39. The zero-order chi connectivity index (χ0) is 27.8. The second kappa shape index (κ2) is 13.5. The number of hydrogen-bond donors (Lipinski definition) is 3. The highest BCUT2D eigenvalue weighted by Gasteiger charge is 2.40. The van der Waals surface area contributed by atoms with Gasteiger partial charge in [-0.2, -0.15) is 0 Å². The number of aryl methyl sites for hydroxylation is 1.